The van der Waals surface area contributed by atoms with Crippen molar-refractivity contribution in [2.45, 2.75) is 37.1 Å². The minimum absolute atomic E-state index is 0.0572. The van der Waals surface area contributed by atoms with Crippen LogP contribution in [0.3, 0.4) is 0 Å². The first-order chi connectivity index (χ1) is 11.8. The van der Waals surface area contributed by atoms with Gasteiger partial charge in [0.1, 0.15) is 11.9 Å². The number of thioether (sulfide) groups is 1. The van der Waals surface area contributed by atoms with Gasteiger partial charge in [-0.05, 0) is 36.8 Å². The minimum atomic E-state index is -1.32. The van der Waals surface area contributed by atoms with Crippen LogP contribution in [0.4, 0.5) is 4.79 Å². The van der Waals surface area contributed by atoms with E-state index in [0.717, 1.165) is 12.8 Å². The van der Waals surface area contributed by atoms with Crippen molar-refractivity contribution in [1.29, 1.82) is 0 Å². The lowest BCUT2D eigenvalue weighted by Gasteiger charge is -2.35. The van der Waals surface area contributed by atoms with Crippen LogP contribution in [-0.4, -0.2) is 30.3 Å². The maximum atomic E-state index is 11.6. The molecule has 2 N–H and O–H groups in total. The molecule has 0 spiro atoms. The molecule has 1 aliphatic rings. The van der Waals surface area contributed by atoms with Crippen LogP contribution < -0.4 is 0 Å². The molecule has 1 aromatic heterocycles. The molecule has 2 atom stereocenters. The van der Waals surface area contributed by atoms with E-state index in [1.54, 1.807) is 18.2 Å². The van der Waals surface area contributed by atoms with Crippen LogP contribution in [0.2, 0.25) is 10.0 Å². The zero-order valence-corrected chi connectivity index (χ0v) is 15.7. The summed E-state index contributed by atoms with van der Waals surface area (Å²) in [6, 6.07) is 4.99. The van der Waals surface area contributed by atoms with Crippen LogP contribution in [0, 0.1) is 11.8 Å². The lowest BCUT2D eigenvalue weighted by atomic mass is 9.79. The number of carbonyl (C=O) groups is 1. The van der Waals surface area contributed by atoms with Crippen molar-refractivity contribution in [1.82, 2.24) is 14.8 Å². The second kappa shape index (κ2) is 7.15. The Morgan fingerprint density at radius 1 is 1.48 bits per heavy atom. The number of aromatic nitrogens is 3. The normalized spacial score (nSPS) is 17.9. The number of halogens is 2. The topological polar surface area (TPSA) is 88.2 Å². The number of carboxylic acid groups (broad SMARTS) is 1. The highest BCUT2D eigenvalue weighted by atomic mass is 35.5. The molecular weight excluding hydrogens is 385 g/mol. The molecule has 0 aliphatic heterocycles. The number of rotatable bonds is 6. The van der Waals surface area contributed by atoms with Crippen molar-refractivity contribution in [3.63, 3.8) is 0 Å². The number of nitrogens with zero attached hydrogens (tertiary/aromatic N) is 3. The molecule has 0 bridgehead atoms. The first kappa shape index (κ1) is 18.5. The summed E-state index contributed by atoms with van der Waals surface area (Å²) in [5.41, 5.74) is -0.760. The molecule has 0 amide bonds. The van der Waals surface area contributed by atoms with Crippen molar-refractivity contribution < 1.29 is 15.0 Å². The van der Waals surface area contributed by atoms with Gasteiger partial charge in [0.2, 0.25) is 0 Å². The van der Waals surface area contributed by atoms with Crippen LogP contribution in [0.15, 0.2) is 29.7 Å². The van der Waals surface area contributed by atoms with E-state index in [9.17, 15) is 9.90 Å². The van der Waals surface area contributed by atoms with Crippen LogP contribution >= 0.6 is 35.0 Å². The van der Waals surface area contributed by atoms with Crippen molar-refractivity contribution in [2.24, 2.45) is 11.8 Å². The van der Waals surface area contributed by atoms with E-state index in [0.29, 0.717) is 33.3 Å². The van der Waals surface area contributed by atoms with Gasteiger partial charge in [0.05, 0.1) is 6.54 Å². The van der Waals surface area contributed by atoms with E-state index in [-0.39, 0.29) is 17.6 Å². The zero-order valence-electron chi connectivity index (χ0n) is 13.4. The van der Waals surface area contributed by atoms with Gasteiger partial charge >= 0.3 is 5.30 Å². The van der Waals surface area contributed by atoms with E-state index >= 15 is 0 Å². The van der Waals surface area contributed by atoms with Gasteiger partial charge < -0.3 is 10.2 Å². The smallest absolute Gasteiger partial charge is 0.372 e. The average Bonchev–Trinajstić information content (AvgIpc) is 3.29. The quantitative estimate of drug-likeness (QED) is 0.701. The van der Waals surface area contributed by atoms with Crippen molar-refractivity contribution in [2.75, 3.05) is 0 Å². The van der Waals surface area contributed by atoms with Crippen LogP contribution in [0.1, 0.15) is 25.3 Å². The third-order valence-corrected chi connectivity index (χ3v) is 5.85. The molecule has 0 radical (unpaired) electrons. The fourth-order valence-electron chi connectivity index (χ4n) is 3.05. The number of hydrogen-bond acceptors (Lipinski definition) is 5. The van der Waals surface area contributed by atoms with E-state index < -0.39 is 10.9 Å². The van der Waals surface area contributed by atoms with E-state index in [1.807, 2.05) is 6.92 Å². The third-order valence-electron chi connectivity index (χ3n) is 4.63. The van der Waals surface area contributed by atoms with Crippen molar-refractivity contribution in [3.8, 4) is 0 Å². The predicted octanol–water partition coefficient (Wildman–Crippen LogP) is 4.29. The van der Waals surface area contributed by atoms with Crippen LogP contribution in [-0.2, 0) is 12.1 Å². The highest BCUT2D eigenvalue weighted by Gasteiger charge is 2.45. The molecule has 9 heteroatoms. The van der Waals surface area contributed by atoms with Gasteiger partial charge in [0.25, 0.3) is 0 Å². The molecule has 1 heterocycles. The first-order valence-electron chi connectivity index (χ1n) is 7.77. The van der Waals surface area contributed by atoms with Gasteiger partial charge in [0, 0.05) is 27.4 Å². The monoisotopic (exact) mass is 401 g/mol. The fourth-order valence-corrected chi connectivity index (χ4v) is 4.09. The predicted molar refractivity (Wildman–Crippen MR) is 96.2 cm³/mol. The molecule has 6 nitrogen and oxygen atoms in total. The zero-order chi connectivity index (χ0) is 18.2. The summed E-state index contributed by atoms with van der Waals surface area (Å²) in [6.07, 6.45) is 3.36. The summed E-state index contributed by atoms with van der Waals surface area (Å²) in [4.78, 5) is 14.9. The molecule has 0 saturated heterocycles. The van der Waals surface area contributed by atoms with Gasteiger partial charge in [-0.2, -0.15) is 5.10 Å². The lowest BCUT2D eigenvalue weighted by Crippen LogP contribution is -2.40. The number of hydrogen-bond donors (Lipinski definition) is 2. The highest BCUT2D eigenvalue weighted by Crippen LogP contribution is 2.48. The molecule has 1 aliphatic carbocycles. The highest BCUT2D eigenvalue weighted by molar-refractivity contribution is 8.13. The molecule has 134 valence electrons. The average molecular weight is 402 g/mol. The van der Waals surface area contributed by atoms with E-state index in [1.165, 1.54) is 11.0 Å². The molecule has 1 aromatic carbocycles. The Hall–Kier alpha value is -1.28. The second-order valence-corrected chi connectivity index (χ2v) is 8.00. The number of benzene rings is 1. The lowest BCUT2D eigenvalue weighted by molar-refractivity contribution is -0.0461. The summed E-state index contributed by atoms with van der Waals surface area (Å²) in [6.45, 7) is 2.03. The second-order valence-electron chi connectivity index (χ2n) is 6.24. The Morgan fingerprint density at radius 2 is 2.20 bits per heavy atom. The SMILES string of the molecule is CC(C1CC1)C(O)(Cn1ncnc1SC(=O)O)c1ccc(Cl)cc1Cl. The number of aliphatic hydroxyl groups is 1. The maximum Gasteiger partial charge on any atom is 0.372 e. The molecule has 25 heavy (non-hydrogen) atoms. The Labute approximate surface area is 159 Å². The van der Waals surface area contributed by atoms with Gasteiger partial charge in [0.15, 0.2) is 5.16 Å². The maximum absolute atomic E-state index is 11.6. The van der Waals surface area contributed by atoms with Gasteiger partial charge in [-0.3, -0.25) is 0 Å². The molecule has 3 rings (SSSR count). The molecule has 2 aromatic rings. The fraction of sp³-hybridized carbons (Fsp3) is 0.438. The Bertz CT molecular complexity index is 797. The van der Waals surface area contributed by atoms with Gasteiger partial charge in [-0.15, -0.1) is 0 Å². The molecule has 1 saturated carbocycles. The summed E-state index contributed by atoms with van der Waals surface area (Å²) < 4.78 is 1.41. The summed E-state index contributed by atoms with van der Waals surface area (Å²) in [5, 5.41) is 24.6. The molecule has 2 unspecified atom stereocenters. The van der Waals surface area contributed by atoms with Crippen LogP contribution in [0.25, 0.3) is 0 Å². The third kappa shape index (κ3) is 3.95. The Balaban J connectivity index is 2.00. The standard InChI is InChI=1S/C16H17Cl2N3O3S/c1-9(10-2-3-10)16(24,12-5-4-11(17)6-13(12)18)7-21-14(19-8-20-21)25-15(22)23/h4-6,8-10,24H,2-3,7H2,1H3,(H,22,23). The molecule has 1 fully saturated rings. The van der Waals surface area contributed by atoms with Gasteiger partial charge in [-0.1, -0.05) is 36.2 Å². The summed E-state index contributed by atoms with van der Waals surface area (Å²) in [5.74, 6) is 0.300. The Morgan fingerprint density at radius 3 is 2.80 bits per heavy atom. The largest absolute Gasteiger partial charge is 0.473 e. The van der Waals surface area contributed by atoms with Crippen molar-refractivity contribution in [3.05, 3.63) is 40.1 Å². The Kier molecular flexibility index (Phi) is 5.29. The minimum Gasteiger partial charge on any atom is -0.473 e. The molecular formula is C16H17Cl2N3O3S. The van der Waals surface area contributed by atoms with Crippen LogP contribution in [0.5, 0.6) is 0 Å². The van der Waals surface area contributed by atoms with Gasteiger partial charge in [-0.25, -0.2) is 14.5 Å². The van der Waals surface area contributed by atoms with Crippen molar-refractivity contribution >= 4 is 40.3 Å². The summed E-state index contributed by atoms with van der Waals surface area (Å²) >= 11 is 12.9. The van der Waals surface area contributed by atoms with E-state index in [4.69, 9.17) is 28.3 Å². The first-order valence-corrected chi connectivity index (χ1v) is 9.35. The summed E-state index contributed by atoms with van der Waals surface area (Å²) in [7, 11) is 0. The van der Waals surface area contributed by atoms with E-state index in [2.05, 4.69) is 10.1 Å².